The number of rotatable bonds is 4. The quantitative estimate of drug-likeness (QED) is 0.867. The van der Waals surface area contributed by atoms with Gasteiger partial charge in [0.05, 0.1) is 15.8 Å². The van der Waals surface area contributed by atoms with Crippen LogP contribution in [0.2, 0.25) is 0 Å². The molecule has 23 heavy (non-hydrogen) atoms. The summed E-state index contributed by atoms with van der Waals surface area (Å²) in [6, 6.07) is 5.94. The number of Topliss-reactive ketones (excluding diaryl/α,β-unsaturated/α-hetero) is 1. The van der Waals surface area contributed by atoms with Gasteiger partial charge >= 0.3 is 0 Å². The van der Waals surface area contributed by atoms with Gasteiger partial charge in [-0.15, -0.1) is 5.10 Å². The van der Waals surface area contributed by atoms with Crippen molar-refractivity contribution in [1.29, 1.82) is 0 Å². The lowest BCUT2D eigenvalue weighted by atomic mass is 9.99. The predicted molar refractivity (Wildman–Crippen MR) is 83.6 cm³/mol. The fraction of sp³-hybridized carbons (Fsp3) is 0.385. The molecule has 1 fully saturated rings. The van der Waals surface area contributed by atoms with Crippen LogP contribution in [0.25, 0.3) is 5.69 Å². The minimum Gasteiger partial charge on any atom is -0.298 e. The van der Waals surface area contributed by atoms with Gasteiger partial charge in [0.1, 0.15) is 5.78 Å². The molecular formula is C13H15N5O3S2. The maximum atomic E-state index is 11.9. The van der Waals surface area contributed by atoms with Crippen LogP contribution in [0, 0.1) is 0 Å². The SMILES string of the molecule is NS(=O)(=O)c1ccc(-n2nnnc2SC2CCCCC2=O)cc1. The second-order valence-electron chi connectivity index (χ2n) is 5.23. The lowest BCUT2D eigenvalue weighted by molar-refractivity contribution is -0.119. The van der Waals surface area contributed by atoms with Crippen molar-refractivity contribution in [3.05, 3.63) is 24.3 Å². The Hall–Kier alpha value is -1.78. The number of thioether (sulfide) groups is 1. The lowest BCUT2D eigenvalue weighted by Crippen LogP contribution is -2.21. The molecule has 122 valence electrons. The molecule has 1 aromatic carbocycles. The Kier molecular flexibility index (Phi) is 4.46. The van der Waals surface area contributed by atoms with Crippen LogP contribution in [-0.2, 0) is 14.8 Å². The van der Waals surface area contributed by atoms with Crippen molar-refractivity contribution in [3.63, 3.8) is 0 Å². The topological polar surface area (TPSA) is 121 Å². The molecular weight excluding hydrogens is 338 g/mol. The van der Waals surface area contributed by atoms with Gasteiger partial charge in [-0.3, -0.25) is 4.79 Å². The highest BCUT2D eigenvalue weighted by Gasteiger charge is 2.25. The molecule has 0 bridgehead atoms. The molecule has 0 spiro atoms. The van der Waals surface area contributed by atoms with Crippen molar-refractivity contribution < 1.29 is 13.2 Å². The molecule has 1 unspecified atom stereocenters. The van der Waals surface area contributed by atoms with Crippen LogP contribution < -0.4 is 5.14 Å². The maximum absolute atomic E-state index is 11.9. The molecule has 1 atom stereocenters. The summed E-state index contributed by atoms with van der Waals surface area (Å²) in [5.74, 6) is 0.223. The Labute approximate surface area is 137 Å². The normalized spacial score (nSPS) is 19.0. The van der Waals surface area contributed by atoms with Crippen molar-refractivity contribution in [2.24, 2.45) is 5.14 Å². The Bertz CT molecular complexity index is 816. The Morgan fingerprint density at radius 2 is 1.96 bits per heavy atom. The third-order valence-electron chi connectivity index (χ3n) is 3.60. The minimum absolute atomic E-state index is 0.0194. The van der Waals surface area contributed by atoms with Crippen LogP contribution in [0.4, 0.5) is 0 Å². The summed E-state index contributed by atoms with van der Waals surface area (Å²) in [7, 11) is -3.74. The summed E-state index contributed by atoms with van der Waals surface area (Å²) < 4.78 is 24.1. The highest BCUT2D eigenvalue weighted by atomic mass is 32.2. The van der Waals surface area contributed by atoms with Gasteiger partial charge in [0.25, 0.3) is 0 Å². The van der Waals surface area contributed by atoms with Crippen LogP contribution in [0.3, 0.4) is 0 Å². The number of hydrogen-bond donors (Lipinski definition) is 1. The van der Waals surface area contributed by atoms with Gasteiger partial charge in [-0.2, -0.15) is 4.68 Å². The zero-order valence-electron chi connectivity index (χ0n) is 12.1. The molecule has 0 aliphatic heterocycles. The van der Waals surface area contributed by atoms with E-state index >= 15 is 0 Å². The van der Waals surface area contributed by atoms with E-state index < -0.39 is 10.0 Å². The van der Waals surface area contributed by atoms with Gasteiger partial charge in [0.15, 0.2) is 0 Å². The third kappa shape index (κ3) is 3.59. The molecule has 1 heterocycles. The summed E-state index contributed by atoms with van der Waals surface area (Å²) in [6.45, 7) is 0. The number of nitrogens with zero attached hydrogens (tertiary/aromatic N) is 4. The molecule has 1 aliphatic carbocycles. The summed E-state index contributed by atoms with van der Waals surface area (Å²) in [5.41, 5.74) is 0.605. The fourth-order valence-corrected chi connectivity index (χ4v) is 4.02. The molecule has 1 saturated carbocycles. The van der Waals surface area contributed by atoms with E-state index in [0.29, 0.717) is 17.3 Å². The van der Waals surface area contributed by atoms with Gasteiger partial charge < -0.3 is 0 Å². The number of carbonyl (C=O) groups excluding carboxylic acids is 1. The number of aromatic nitrogens is 4. The first-order chi connectivity index (χ1) is 10.9. The average molecular weight is 353 g/mol. The summed E-state index contributed by atoms with van der Waals surface area (Å²) >= 11 is 1.34. The van der Waals surface area contributed by atoms with Crippen LogP contribution in [0.15, 0.2) is 34.3 Å². The first kappa shape index (κ1) is 16.1. The van der Waals surface area contributed by atoms with Gasteiger partial charge in [0, 0.05) is 6.42 Å². The minimum atomic E-state index is -3.74. The molecule has 0 amide bonds. The molecule has 8 nitrogen and oxygen atoms in total. The van der Waals surface area contributed by atoms with Crippen LogP contribution >= 0.6 is 11.8 Å². The first-order valence-electron chi connectivity index (χ1n) is 7.06. The number of tetrazole rings is 1. The van der Waals surface area contributed by atoms with E-state index in [4.69, 9.17) is 5.14 Å². The zero-order valence-corrected chi connectivity index (χ0v) is 13.8. The average Bonchev–Trinajstić information content (AvgIpc) is 2.97. The highest BCUT2D eigenvalue weighted by Crippen LogP contribution is 2.31. The molecule has 1 aliphatic rings. The van der Waals surface area contributed by atoms with Crippen molar-refractivity contribution in [1.82, 2.24) is 20.2 Å². The van der Waals surface area contributed by atoms with Crippen molar-refractivity contribution in [2.75, 3.05) is 0 Å². The van der Waals surface area contributed by atoms with Gasteiger partial charge in [-0.25, -0.2) is 13.6 Å². The van der Waals surface area contributed by atoms with Crippen LogP contribution in [-0.4, -0.2) is 39.7 Å². The molecule has 2 N–H and O–H groups in total. The van der Waals surface area contributed by atoms with E-state index in [1.54, 1.807) is 12.1 Å². The van der Waals surface area contributed by atoms with Crippen LogP contribution in [0.1, 0.15) is 25.7 Å². The number of hydrogen-bond acceptors (Lipinski definition) is 7. The van der Waals surface area contributed by atoms with Gasteiger partial charge in [0.2, 0.25) is 15.2 Å². The summed E-state index contributed by atoms with van der Waals surface area (Å²) in [4.78, 5) is 12.0. The molecule has 0 saturated heterocycles. The zero-order chi connectivity index (χ0) is 16.4. The van der Waals surface area contributed by atoms with E-state index in [2.05, 4.69) is 15.5 Å². The monoisotopic (exact) mass is 353 g/mol. The fourth-order valence-electron chi connectivity index (χ4n) is 2.39. The van der Waals surface area contributed by atoms with E-state index in [0.717, 1.165) is 19.3 Å². The maximum Gasteiger partial charge on any atom is 0.238 e. The molecule has 1 aromatic heterocycles. The second-order valence-corrected chi connectivity index (χ2v) is 7.96. The number of carbonyl (C=O) groups is 1. The van der Waals surface area contributed by atoms with Crippen molar-refractivity contribution >= 4 is 27.6 Å². The largest absolute Gasteiger partial charge is 0.298 e. The standard InChI is InChI=1S/C13H15N5O3S2/c14-23(20,21)10-7-5-9(6-8-10)18-13(15-16-17-18)22-12-4-2-1-3-11(12)19/h5-8,12H,1-4H2,(H2,14,20,21). The van der Waals surface area contributed by atoms with E-state index in [1.165, 1.54) is 28.6 Å². The number of sulfonamides is 1. The third-order valence-corrected chi connectivity index (χ3v) is 5.77. The Balaban J connectivity index is 1.84. The summed E-state index contributed by atoms with van der Waals surface area (Å²) in [6.07, 6.45) is 3.38. The Morgan fingerprint density at radius 3 is 2.61 bits per heavy atom. The van der Waals surface area contributed by atoms with E-state index in [9.17, 15) is 13.2 Å². The number of ketones is 1. The molecule has 2 aromatic rings. The number of primary sulfonamides is 1. The number of nitrogens with two attached hydrogens (primary N) is 1. The van der Waals surface area contributed by atoms with E-state index in [-0.39, 0.29) is 15.9 Å². The van der Waals surface area contributed by atoms with Gasteiger partial charge in [-0.05, 0) is 47.5 Å². The first-order valence-corrected chi connectivity index (χ1v) is 9.49. The van der Waals surface area contributed by atoms with Crippen molar-refractivity contribution in [2.45, 2.75) is 41.0 Å². The second kappa shape index (κ2) is 6.38. The lowest BCUT2D eigenvalue weighted by Gasteiger charge is -2.18. The summed E-state index contributed by atoms with van der Waals surface area (Å²) in [5, 5.41) is 17.0. The smallest absolute Gasteiger partial charge is 0.238 e. The Morgan fingerprint density at radius 1 is 1.22 bits per heavy atom. The number of benzene rings is 1. The van der Waals surface area contributed by atoms with E-state index in [1.807, 2.05) is 0 Å². The van der Waals surface area contributed by atoms with Gasteiger partial charge in [-0.1, -0.05) is 18.2 Å². The van der Waals surface area contributed by atoms with Crippen LogP contribution in [0.5, 0.6) is 0 Å². The molecule has 3 rings (SSSR count). The predicted octanol–water partition coefficient (Wildman–Crippen LogP) is 0.913. The van der Waals surface area contributed by atoms with Crippen molar-refractivity contribution in [3.8, 4) is 5.69 Å². The molecule has 10 heteroatoms. The molecule has 0 radical (unpaired) electrons. The highest BCUT2D eigenvalue weighted by molar-refractivity contribution is 8.00.